The number of hydrogen-bond donors (Lipinski definition) is 0. The summed E-state index contributed by atoms with van der Waals surface area (Å²) in [6.45, 7) is 2.28. The summed E-state index contributed by atoms with van der Waals surface area (Å²) in [6, 6.07) is 6.63. The molecule has 0 bridgehead atoms. The Balaban J connectivity index is 1.23. The average Bonchev–Trinajstić information content (AvgIpc) is 2.93. The molecule has 2 nitrogen and oxygen atoms in total. The highest BCUT2D eigenvalue weighted by Gasteiger charge is 2.34. The molecule has 38 heavy (non-hydrogen) atoms. The summed E-state index contributed by atoms with van der Waals surface area (Å²) < 4.78 is 68.3. The highest BCUT2D eigenvalue weighted by molar-refractivity contribution is 5.51. The van der Waals surface area contributed by atoms with Crippen molar-refractivity contribution >= 4 is 0 Å². The molecule has 0 spiro atoms. The molecule has 0 aromatic heterocycles. The van der Waals surface area contributed by atoms with Crippen molar-refractivity contribution in [1.29, 1.82) is 0 Å². The van der Waals surface area contributed by atoms with Crippen molar-refractivity contribution in [2.45, 2.75) is 102 Å². The molecule has 0 radical (unpaired) electrons. The number of benzene rings is 2. The predicted molar refractivity (Wildman–Crippen MR) is 141 cm³/mol. The van der Waals surface area contributed by atoms with Crippen molar-refractivity contribution in [1.82, 2.24) is 0 Å². The summed E-state index contributed by atoms with van der Waals surface area (Å²) in [7, 11) is 1.25. The van der Waals surface area contributed by atoms with E-state index in [4.69, 9.17) is 9.47 Å². The normalized spacial score (nSPS) is 27.6. The van der Waals surface area contributed by atoms with Gasteiger partial charge in [0.2, 0.25) is 0 Å². The van der Waals surface area contributed by atoms with E-state index >= 15 is 4.39 Å². The van der Waals surface area contributed by atoms with Crippen LogP contribution in [-0.4, -0.2) is 7.11 Å². The van der Waals surface area contributed by atoms with E-state index in [9.17, 15) is 13.2 Å². The van der Waals surface area contributed by atoms with Crippen LogP contribution in [0.5, 0.6) is 11.5 Å². The molecule has 2 aromatic rings. The number of methoxy groups -OCH3 is 1. The zero-order valence-electron chi connectivity index (χ0n) is 22.6. The fraction of sp³-hybridized carbons (Fsp3) is 0.625. The highest BCUT2D eigenvalue weighted by atomic mass is 19.3. The lowest BCUT2D eigenvalue weighted by Gasteiger charge is -2.38. The summed E-state index contributed by atoms with van der Waals surface area (Å²) in [5.74, 6) is 1.04. The lowest BCUT2D eigenvalue weighted by molar-refractivity contribution is 0.122. The van der Waals surface area contributed by atoms with Crippen molar-refractivity contribution in [3.05, 3.63) is 58.2 Å². The number of alkyl halides is 2. The van der Waals surface area contributed by atoms with Gasteiger partial charge in [-0.25, -0.2) is 17.6 Å². The molecule has 208 valence electrons. The van der Waals surface area contributed by atoms with Crippen LogP contribution in [0, 0.1) is 29.4 Å². The van der Waals surface area contributed by atoms with Gasteiger partial charge in [0.1, 0.15) is 17.7 Å². The first-order valence-electron chi connectivity index (χ1n) is 14.5. The Morgan fingerprint density at radius 1 is 0.921 bits per heavy atom. The van der Waals surface area contributed by atoms with Crippen LogP contribution < -0.4 is 9.47 Å². The van der Waals surface area contributed by atoms with E-state index in [2.05, 4.69) is 6.92 Å². The van der Waals surface area contributed by atoms with Gasteiger partial charge >= 0.3 is 0 Å². The molecule has 3 aliphatic rings. The molecular weight excluding hydrogens is 492 g/mol. The standard InChI is InChI=1S/C32H40F4O2/c1-3-4-19-5-7-20(8-6-19)21-9-11-22(12-10-21)25-15-13-23(17-26(25)33)27-16-14-24-18-28(37-2)30(34)29(32(35)36)31(24)38-27/h13,15,17-22,27,32H,3-12,14,16H2,1-2H3. The molecule has 2 fully saturated rings. The van der Waals surface area contributed by atoms with Crippen LogP contribution in [0.25, 0.3) is 0 Å². The van der Waals surface area contributed by atoms with Crippen molar-refractivity contribution in [3.8, 4) is 11.5 Å². The van der Waals surface area contributed by atoms with Crippen LogP contribution in [0.3, 0.4) is 0 Å². The molecule has 6 heteroatoms. The van der Waals surface area contributed by atoms with Crippen LogP contribution in [0.4, 0.5) is 17.6 Å². The van der Waals surface area contributed by atoms with Gasteiger partial charge in [0, 0.05) is 0 Å². The lowest BCUT2D eigenvalue weighted by Crippen LogP contribution is -2.25. The van der Waals surface area contributed by atoms with E-state index in [0.29, 0.717) is 24.0 Å². The second-order valence-corrected chi connectivity index (χ2v) is 11.7. The number of aryl methyl sites for hydroxylation is 1. The molecule has 2 saturated carbocycles. The average molecular weight is 533 g/mol. The van der Waals surface area contributed by atoms with Crippen LogP contribution in [0.2, 0.25) is 0 Å². The highest BCUT2D eigenvalue weighted by Crippen LogP contribution is 2.47. The first kappa shape index (κ1) is 27.3. The maximum Gasteiger partial charge on any atom is 0.270 e. The zero-order valence-corrected chi connectivity index (χ0v) is 22.6. The second-order valence-electron chi connectivity index (χ2n) is 11.7. The second kappa shape index (κ2) is 11.9. The van der Waals surface area contributed by atoms with Gasteiger partial charge in [0.15, 0.2) is 11.6 Å². The molecule has 0 N–H and O–H groups in total. The molecule has 0 saturated heterocycles. The van der Waals surface area contributed by atoms with E-state index in [-0.39, 0.29) is 23.2 Å². The molecule has 0 amide bonds. The predicted octanol–water partition coefficient (Wildman–Crippen LogP) is 9.86. The molecule has 1 atom stereocenters. The van der Waals surface area contributed by atoms with Gasteiger partial charge < -0.3 is 9.47 Å². The number of hydrogen-bond acceptors (Lipinski definition) is 2. The number of fused-ring (bicyclic) bond motifs is 1. The zero-order chi connectivity index (χ0) is 26.8. The SMILES string of the molecule is CCCC1CCC(C2CCC(c3ccc(C4CCc5cc(OC)c(F)c(C(F)F)c5O4)cc3F)CC2)CC1. The third-order valence-corrected chi connectivity index (χ3v) is 9.53. The molecule has 1 aliphatic heterocycles. The maximum atomic E-state index is 15.4. The number of ether oxygens (including phenoxy) is 2. The Labute approximate surface area is 224 Å². The first-order chi connectivity index (χ1) is 18.4. The van der Waals surface area contributed by atoms with Crippen LogP contribution >= 0.6 is 0 Å². The molecule has 1 heterocycles. The van der Waals surface area contributed by atoms with Gasteiger partial charge in [-0.2, -0.15) is 0 Å². The molecule has 5 rings (SSSR count). The Morgan fingerprint density at radius 2 is 1.61 bits per heavy atom. The molecule has 2 aliphatic carbocycles. The van der Waals surface area contributed by atoms with Gasteiger partial charge in [0.25, 0.3) is 6.43 Å². The topological polar surface area (TPSA) is 18.5 Å². The van der Waals surface area contributed by atoms with Gasteiger partial charge in [0.05, 0.1) is 12.7 Å². The van der Waals surface area contributed by atoms with E-state index in [1.165, 1.54) is 70.6 Å². The minimum atomic E-state index is -3.04. The Morgan fingerprint density at radius 3 is 2.21 bits per heavy atom. The summed E-state index contributed by atoms with van der Waals surface area (Å²) in [6.07, 6.45) is 9.77. The van der Waals surface area contributed by atoms with Crippen molar-refractivity contribution in [2.75, 3.05) is 7.11 Å². The molecular formula is C32H40F4O2. The fourth-order valence-corrected chi connectivity index (χ4v) is 7.42. The smallest absolute Gasteiger partial charge is 0.270 e. The minimum Gasteiger partial charge on any atom is -0.494 e. The van der Waals surface area contributed by atoms with Crippen molar-refractivity contribution in [2.24, 2.45) is 17.8 Å². The van der Waals surface area contributed by atoms with Crippen molar-refractivity contribution < 1.29 is 27.0 Å². The van der Waals surface area contributed by atoms with Gasteiger partial charge in [-0.15, -0.1) is 0 Å². The quantitative estimate of drug-likeness (QED) is 0.330. The minimum absolute atomic E-state index is 0.138. The van der Waals surface area contributed by atoms with Crippen LogP contribution in [0.1, 0.15) is 118 Å². The monoisotopic (exact) mass is 532 g/mol. The lowest BCUT2D eigenvalue weighted by atomic mass is 9.68. The van der Waals surface area contributed by atoms with E-state index in [1.807, 2.05) is 12.1 Å². The number of rotatable bonds is 7. The largest absolute Gasteiger partial charge is 0.494 e. The van der Waals surface area contributed by atoms with E-state index in [1.54, 1.807) is 0 Å². The fourth-order valence-electron chi connectivity index (χ4n) is 7.42. The van der Waals surface area contributed by atoms with Crippen LogP contribution in [0.15, 0.2) is 24.3 Å². The Bertz CT molecular complexity index is 1100. The van der Waals surface area contributed by atoms with Gasteiger partial charge in [-0.1, -0.05) is 44.7 Å². The van der Waals surface area contributed by atoms with Crippen LogP contribution in [-0.2, 0) is 6.42 Å². The summed E-state index contributed by atoms with van der Waals surface area (Å²) in [4.78, 5) is 0. The molecule has 2 aromatic carbocycles. The number of halogens is 4. The van der Waals surface area contributed by atoms with E-state index in [0.717, 1.165) is 36.2 Å². The van der Waals surface area contributed by atoms with Crippen molar-refractivity contribution in [3.63, 3.8) is 0 Å². The molecule has 1 unspecified atom stereocenters. The Kier molecular flexibility index (Phi) is 8.54. The summed E-state index contributed by atoms with van der Waals surface area (Å²) in [5, 5.41) is 0. The first-order valence-corrected chi connectivity index (χ1v) is 14.5. The Hall–Kier alpha value is -2.24. The van der Waals surface area contributed by atoms with Gasteiger partial charge in [-0.05, 0) is 104 Å². The summed E-state index contributed by atoms with van der Waals surface area (Å²) >= 11 is 0. The van der Waals surface area contributed by atoms with E-state index < -0.39 is 23.9 Å². The summed E-state index contributed by atoms with van der Waals surface area (Å²) in [5.41, 5.74) is 1.06. The maximum absolute atomic E-state index is 15.4. The third-order valence-electron chi connectivity index (χ3n) is 9.53. The van der Waals surface area contributed by atoms with Gasteiger partial charge in [-0.3, -0.25) is 0 Å². The third kappa shape index (κ3) is 5.56.